The fourth-order valence-corrected chi connectivity index (χ4v) is 2.66. The van der Waals surface area contributed by atoms with Crippen molar-refractivity contribution in [1.29, 1.82) is 0 Å². The smallest absolute Gasteiger partial charge is 0.177 e. The fraction of sp³-hybridized carbons (Fsp3) is 0.150. The van der Waals surface area contributed by atoms with Gasteiger partial charge in [-0.25, -0.2) is 19.7 Å². The summed E-state index contributed by atoms with van der Waals surface area (Å²) in [5.74, 6) is 0.802. The number of Topliss-reactive ketones (excluding diaryl/α,β-unsaturated/α-hetero) is 1. The first-order chi connectivity index (χ1) is 13.1. The summed E-state index contributed by atoms with van der Waals surface area (Å²) < 4.78 is 1.68. The van der Waals surface area contributed by atoms with Crippen LogP contribution in [0.2, 0.25) is 0 Å². The number of carbonyl (C=O) groups is 1. The zero-order valence-corrected chi connectivity index (χ0v) is 15.1. The Balaban J connectivity index is 2.13. The number of aliphatic imine (C=N–C) groups is 2. The molecule has 0 spiro atoms. The van der Waals surface area contributed by atoms with Crippen LogP contribution in [0.25, 0.3) is 16.7 Å². The van der Waals surface area contributed by atoms with Crippen LogP contribution in [0, 0.1) is 0 Å². The molecule has 2 aromatic heterocycles. The van der Waals surface area contributed by atoms with E-state index in [4.69, 9.17) is 0 Å². The normalized spacial score (nSPS) is 12.4. The number of benzene rings is 1. The van der Waals surface area contributed by atoms with Gasteiger partial charge in [0.25, 0.3) is 0 Å². The average Bonchev–Trinajstić information content (AvgIpc) is 3.12. The first-order valence-electron chi connectivity index (χ1n) is 8.35. The van der Waals surface area contributed by atoms with E-state index >= 15 is 0 Å². The van der Waals surface area contributed by atoms with Crippen LogP contribution < -0.4 is 0 Å². The molecule has 0 aliphatic carbocycles. The van der Waals surface area contributed by atoms with Crippen molar-refractivity contribution in [3.63, 3.8) is 0 Å². The van der Waals surface area contributed by atoms with Crippen LogP contribution in [-0.4, -0.2) is 38.2 Å². The maximum atomic E-state index is 11.6. The summed E-state index contributed by atoms with van der Waals surface area (Å²) in [5, 5.41) is 14.6. The van der Waals surface area contributed by atoms with Crippen LogP contribution in [-0.2, 0) is 11.4 Å². The third-order valence-electron chi connectivity index (χ3n) is 4.01. The Morgan fingerprint density at radius 2 is 2.15 bits per heavy atom. The molecule has 2 heterocycles. The van der Waals surface area contributed by atoms with Gasteiger partial charge in [-0.3, -0.25) is 4.79 Å². The number of amidine groups is 1. The molecule has 0 aliphatic rings. The first kappa shape index (κ1) is 18.3. The quantitative estimate of drug-likeness (QED) is 0.430. The molecule has 0 aliphatic heterocycles. The first-order valence-corrected chi connectivity index (χ1v) is 8.35. The predicted molar refractivity (Wildman–Crippen MR) is 105 cm³/mol. The van der Waals surface area contributed by atoms with Crippen molar-refractivity contribution >= 4 is 29.2 Å². The Bertz CT molecular complexity index is 1080. The minimum absolute atomic E-state index is 0.144. The van der Waals surface area contributed by atoms with E-state index in [1.54, 1.807) is 29.9 Å². The SMILES string of the molecule is C=N/C(=N\C(=C/C)C(C)=O)c1ccc2cnn(-c3cccc(CO)n3)c2c1. The van der Waals surface area contributed by atoms with Crippen molar-refractivity contribution in [2.24, 2.45) is 9.98 Å². The molecule has 0 radical (unpaired) electrons. The van der Waals surface area contributed by atoms with Gasteiger partial charge in [0.15, 0.2) is 17.4 Å². The largest absolute Gasteiger partial charge is 0.390 e. The molecule has 7 nitrogen and oxygen atoms in total. The maximum absolute atomic E-state index is 11.6. The van der Waals surface area contributed by atoms with Crippen molar-refractivity contribution in [3.8, 4) is 5.82 Å². The zero-order valence-electron chi connectivity index (χ0n) is 15.1. The summed E-state index contributed by atoms with van der Waals surface area (Å²) in [6.07, 6.45) is 3.37. The second kappa shape index (κ2) is 7.84. The molecule has 7 heteroatoms. The molecule has 0 saturated carbocycles. The lowest BCUT2D eigenvalue weighted by Gasteiger charge is -2.06. The number of allylic oxidation sites excluding steroid dienone is 2. The van der Waals surface area contributed by atoms with E-state index in [1.165, 1.54) is 6.92 Å². The van der Waals surface area contributed by atoms with E-state index in [2.05, 4.69) is 26.8 Å². The summed E-state index contributed by atoms with van der Waals surface area (Å²) in [6, 6.07) is 11.0. The lowest BCUT2D eigenvalue weighted by Crippen LogP contribution is -2.04. The Morgan fingerprint density at radius 3 is 2.81 bits per heavy atom. The number of hydrogen-bond donors (Lipinski definition) is 1. The van der Waals surface area contributed by atoms with Gasteiger partial charge in [0.05, 0.1) is 24.0 Å². The Morgan fingerprint density at radius 1 is 1.33 bits per heavy atom. The molecule has 0 atom stereocenters. The van der Waals surface area contributed by atoms with Crippen LogP contribution in [0.15, 0.2) is 64.4 Å². The van der Waals surface area contributed by atoms with Crippen LogP contribution in [0.3, 0.4) is 0 Å². The van der Waals surface area contributed by atoms with E-state index in [9.17, 15) is 9.90 Å². The second-order valence-corrected chi connectivity index (χ2v) is 5.80. The number of aromatic nitrogens is 3. The highest BCUT2D eigenvalue weighted by Crippen LogP contribution is 2.20. The standard InChI is InChI=1S/C20H19N5O2/c1-4-17(13(2)27)24-20(21-3)14-8-9-15-11-22-25(18(15)10-14)19-7-5-6-16(12-26)23-19/h4-11,26H,3,12H2,1-2H3/b17-4-,24-20-. The summed E-state index contributed by atoms with van der Waals surface area (Å²) in [6.45, 7) is 6.63. The van der Waals surface area contributed by atoms with Gasteiger partial charge in [-0.1, -0.05) is 24.3 Å². The van der Waals surface area contributed by atoms with Crippen LogP contribution >= 0.6 is 0 Å². The molecule has 0 unspecified atom stereocenters. The topological polar surface area (TPSA) is 92.7 Å². The molecule has 0 bridgehead atoms. The van der Waals surface area contributed by atoms with Gasteiger partial charge >= 0.3 is 0 Å². The Kier molecular flexibility index (Phi) is 5.33. The van der Waals surface area contributed by atoms with Gasteiger partial charge < -0.3 is 5.11 Å². The van der Waals surface area contributed by atoms with Gasteiger partial charge in [-0.05, 0) is 31.8 Å². The van der Waals surface area contributed by atoms with Crippen LogP contribution in [0.4, 0.5) is 0 Å². The molecular formula is C20H19N5O2. The highest BCUT2D eigenvalue weighted by atomic mass is 16.3. The highest BCUT2D eigenvalue weighted by molar-refractivity contribution is 6.06. The molecule has 1 N–H and O–H groups in total. The third-order valence-corrected chi connectivity index (χ3v) is 4.01. The fourth-order valence-electron chi connectivity index (χ4n) is 2.66. The Hall–Kier alpha value is -3.45. The molecule has 3 aromatic rings. The number of ketones is 1. The number of hydrogen-bond acceptors (Lipinski definition) is 5. The number of nitrogens with zero attached hydrogens (tertiary/aromatic N) is 5. The number of rotatable bonds is 5. The number of pyridine rings is 1. The molecule has 3 rings (SSSR count). The summed E-state index contributed by atoms with van der Waals surface area (Å²) in [4.78, 5) is 24.3. The lowest BCUT2D eigenvalue weighted by molar-refractivity contribution is -0.113. The molecule has 0 saturated heterocycles. The van der Waals surface area contributed by atoms with E-state index in [0.717, 1.165) is 10.9 Å². The maximum Gasteiger partial charge on any atom is 0.177 e. The third kappa shape index (κ3) is 3.73. The predicted octanol–water partition coefficient (Wildman–Crippen LogP) is 2.85. The Labute approximate surface area is 156 Å². The second-order valence-electron chi connectivity index (χ2n) is 5.80. The molecule has 27 heavy (non-hydrogen) atoms. The number of aliphatic hydroxyl groups excluding tert-OH is 1. The molecule has 1 aromatic carbocycles. The van der Waals surface area contributed by atoms with Gasteiger partial charge in [-0.15, -0.1) is 0 Å². The monoisotopic (exact) mass is 361 g/mol. The van der Waals surface area contributed by atoms with Crippen molar-refractivity contribution < 1.29 is 9.90 Å². The van der Waals surface area contributed by atoms with Crippen molar-refractivity contribution in [2.45, 2.75) is 20.5 Å². The van der Waals surface area contributed by atoms with E-state index < -0.39 is 0 Å². The van der Waals surface area contributed by atoms with Gasteiger partial charge in [0.1, 0.15) is 5.70 Å². The molecule has 136 valence electrons. The average molecular weight is 361 g/mol. The minimum Gasteiger partial charge on any atom is -0.390 e. The summed E-state index contributed by atoms with van der Waals surface area (Å²) in [7, 11) is 0. The molecular weight excluding hydrogens is 342 g/mol. The van der Waals surface area contributed by atoms with Gasteiger partial charge in [-0.2, -0.15) is 5.10 Å². The van der Waals surface area contributed by atoms with Crippen molar-refractivity contribution in [2.75, 3.05) is 0 Å². The zero-order chi connectivity index (χ0) is 19.4. The highest BCUT2D eigenvalue weighted by Gasteiger charge is 2.11. The molecule has 0 amide bonds. The lowest BCUT2D eigenvalue weighted by atomic mass is 10.1. The van der Waals surface area contributed by atoms with E-state index in [1.807, 2.05) is 30.3 Å². The van der Waals surface area contributed by atoms with E-state index in [0.29, 0.717) is 28.6 Å². The summed E-state index contributed by atoms with van der Waals surface area (Å²) >= 11 is 0. The minimum atomic E-state index is -0.146. The number of carbonyl (C=O) groups excluding carboxylic acids is 1. The molecule has 0 fully saturated rings. The number of fused-ring (bicyclic) bond motifs is 1. The van der Waals surface area contributed by atoms with Gasteiger partial charge in [0.2, 0.25) is 0 Å². The summed E-state index contributed by atoms with van der Waals surface area (Å²) in [5.41, 5.74) is 2.39. The van der Waals surface area contributed by atoms with Crippen LogP contribution in [0.1, 0.15) is 25.1 Å². The number of aliphatic hydroxyl groups is 1. The van der Waals surface area contributed by atoms with Crippen LogP contribution in [0.5, 0.6) is 0 Å². The van der Waals surface area contributed by atoms with Crippen molar-refractivity contribution in [3.05, 3.63) is 65.6 Å². The van der Waals surface area contributed by atoms with E-state index in [-0.39, 0.29) is 12.4 Å². The van der Waals surface area contributed by atoms with Gasteiger partial charge in [0, 0.05) is 17.9 Å². The van der Waals surface area contributed by atoms with Crippen molar-refractivity contribution in [1.82, 2.24) is 14.8 Å².